The fraction of sp³-hybridized carbons (Fsp3) is 0.108. The van der Waals surface area contributed by atoms with Gasteiger partial charge < -0.3 is 0 Å². The fourth-order valence-corrected chi connectivity index (χ4v) is 8.64. The zero-order chi connectivity index (χ0) is 50.1. The van der Waals surface area contributed by atoms with Gasteiger partial charge in [0.2, 0.25) is 0 Å². The molecule has 0 radical (unpaired) electrons. The first-order valence-corrected chi connectivity index (χ1v) is 24.8. The summed E-state index contributed by atoms with van der Waals surface area (Å²) in [6, 6.07) is 78.6. The Morgan fingerprint density at radius 3 is 1.22 bits per heavy atom. The van der Waals surface area contributed by atoms with E-state index in [1.165, 1.54) is 33.0 Å². The summed E-state index contributed by atoms with van der Waals surface area (Å²) in [5.41, 5.74) is 16.7. The standard InChI is InChI=1S/C29H20ClN.C19H15Cl.C17H20N2O2/c30-28-20-24(23-11-6-10-22(18-23)21-8-2-1-3-9-21)15-16-27(28)25-12-7-13-26(19-25)29-14-4-5-17-31-29;1-14-10-11-18(13-19(14)20)17-9-5-8-16(12-17)15-6-3-2-4-7-15;1-16(2)17(3,4)21-19(20-16)14-9-7-8-13(12-14)15-10-5-6-11-18-15/h1-20H;2-13H,1H3;5-12H,1-4H3. The molecule has 11 rings (SSSR count). The van der Waals surface area contributed by atoms with Crippen LogP contribution in [-0.4, -0.2) is 21.2 Å². The molecule has 8 aromatic carbocycles. The van der Waals surface area contributed by atoms with E-state index in [1.807, 2.05) is 126 Å². The molecule has 0 aliphatic carbocycles. The molecule has 0 saturated carbocycles. The Labute approximate surface area is 433 Å². The normalized spacial score (nSPS) is 13.3. The lowest BCUT2D eigenvalue weighted by molar-refractivity contribution is -0.0272. The number of benzene rings is 8. The first kappa shape index (κ1) is 49.3. The second-order valence-electron chi connectivity index (χ2n) is 18.6. The molecule has 0 unspecified atom stereocenters. The summed E-state index contributed by atoms with van der Waals surface area (Å²) >= 11 is 13.0. The molecule has 1 aliphatic heterocycles. The van der Waals surface area contributed by atoms with E-state index in [4.69, 9.17) is 32.9 Å². The Bertz CT molecular complexity index is 3390. The van der Waals surface area contributed by atoms with Crippen LogP contribution in [0.15, 0.2) is 243 Å². The van der Waals surface area contributed by atoms with Gasteiger partial charge in [-0.15, -0.1) is 5.23 Å². The maximum Gasteiger partial charge on any atom is 0.124 e. The van der Waals surface area contributed by atoms with Crippen LogP contribution in [-0.2, 0) is 9.68 Å². The van der Waals surface area contributed by atoms with Crippen molar-refractivity contribution in [2.75, 3.05) is 5.23 Å². The van der Waals surface area contributed by atoms with Crippen molar-refractivity contribution in [1.82, 2.24) is 9.97 Å². The number of hydrogen-bond acceptors (Lipinski definition) is 5. The van der Waals surface area contributed by atoms with Gasteiger partial charge in [-0.05, 0) is 157 Å². The van der Waals surface area contributed by atoms with Crippen LogP contribution in [0.4, 0.5) is 5.69 Å². The molecule has 72 heavy (non-hydrogen) atoms. The van der Waals surface area contributed by atoms with Crippen molar-refractivity contribution in [3.05, 3.63) is 259 Å². The van der Waals surface area contributed by atoms with E-state index < -0.39 is 11.2 Å². The molecule has 10 aromatic rings. The summed E-state index contributed by atoms with van der Waals surface area (Å²) in [5.74, 6) is 0. The summed E-state index contributed by atoms with van der Waals surface area (Å²) in [7, 11) is 0. The lowest BCUT2D eigenvalue weighted by Crippen LogP contribution is -2.41. The van der Waals surface area contributed by atoms with Crippen LogP contribution in [0.1, 0.15) is 33.3 Å². The van der Waals surface area contributed by atoms with Crippen molar-refractivity contribution in [1.29, 1.82) is 0 Å². The number of anilines is 1. The van der Waals surface area contributed by atoms with E-state index in [-0.39, 0.29) is 0 Å². The highest BCUT2D eigenvalue weighted by Gasteiger charge is 2.50. The maximum absolute atomic E-state index is 6.75. The predicted octanol–water partition coefficient (Wildman–Crippen LogP) is 18.4. The van der Waals surface area contributed by atoms with Gasteiger partial charge in [0.15, 0.2) is 0 Å². The first-order chi connectivity index (χ1) is 34.9. The molecular formula is C65H55Cl2N3O2. The topological polar surface area (TPSA) is 47.5 Å². The Kier molecular flexibility index (Phi) is 15.2. The van der Waals surface area contributed by atoms with Gasteiger partial charge in [0.1, 0.15) is 11.2 Å². The summed E-state index contributed by atoms with van der Waals surface area (Å²) < 4.78 is 0. The van der Waals surface area contributed by atoms with E-state index in [9.17, 15) is 0 Å². The molecule has 0 atom stereocenters. The van der Waals surface area contributed by atoms with E-state index in [0.29, 0.717) is 0 Å². The Hall–Kier alpha value is -7.64. The van der Waals surface area contributed by atoms with Gasteiger partial charge in [0.05, 0.1) is 17.1 Å². The average Bonchev–Trinajstić information content (AvgIpc) is 3.66. The summed E-state index contributed by atoms with van der Waals surface area (Å²) in [5, 5.41) is 3.06. The molecule has 3 heterocycles. The molecule has 0 spiro atoms. The Morgan fingerprint density at radius 2 is 0.736 bits per heavy atom. The molecular weight excluding hydrogens is 926 g/mol. The van der Waals surface area contributed by atoms with Gasteiger partial charge in [0.25, 0.3) is 0 Å². The Balaban J connectivity index is 0.000000138. The van der Waals surface area contributed by atoms with Crippen molar-refractivity contribution < 1.29 is 9.68 Å². The third kappa shape index (κ3) is 11.7. The number of pyridine rings is 2. The van der Waals surface area contributed by atoms with E-state index in [1.54, 1.807) is 6.20 Å². The number of rotatable bonds is 8. The van der Waals surface area contributed by atoms with Crippen LogP contribution >= 0.6 is 23.2 Å². The zero-order valence-electron chi connectivity index (χ0n) is 41.0. The van der Waals surface area contributed by atoms with Crippen molar-refractivity contribution in [3.8, 4) is 78.1 Å². The fourth-order valence-electron chi connectivity index (χ4n) is 8.17. The van der Waals surface area contributed by atoms with E-state index in [0.717, 1.165) is 71.6 Å². The van der Waals surface area contributed by atoms with Crippen LogP contribution < -0.4 is 5.23 Å². The quantitative estimate of drug-likeness (QED) is 0.152. The summed E-state index contributed by atoms with van der Waals surface area (Å²) in [6.07, 6.45) is 3.60. The maximum atomic E-state index is 6.75. The van der Waals surface area contributed by atoms with Crippen molar-refractivity contribution in [2.45, 2.75) is 45.8 Å². The highest BCUT2D eigenvalue weighted by Crippen LogP contribution is 2.41. The summed E-state index contributed by atoms with van der Waals surface area (Å²) in [6.45, 7) is 10.1. The van der Waals surface area contributed by atoms with Gasteiger partial charge in [-0.3, -0.25) is 9.97 Å². The predicted molar refractivity (Wildman–Crippen MR) is 301 cm³/mol. The minimum absolute atomic E-state index is 0.395. The number of halogens is 2. The van der Waals surface area contributed by atoms with Gasteiger partial charge >= 0.3 is 0 Å². The minimum atomic E-state index is -0.395. The highest BCUT2D eigenvalue weighted by atomic mass is 35.5. The third-order valence-corrected chi connectivity index (χ3v) is 13.7. The number of aromatic nitrogens is 2. The van der Waals surface area contributed by atoms with Crippen molar-refractivity contribution in [2.24, 2.45) is 0 Å². The smallest absolute Gasteiger partial charge is 0.124 e. The van der Waals surface area contributed by atoms with E-state index in [2.05, 4.69) is 156 Å². The molecule has 5 nitrogen and oxygen atoms in total. The van der Waals surface area contributed by atoms with Gasteiger partial charge in [-0.2, -0.15) is 0 Å². The second kappa shape index (κ2) is 22.2. The second-order valence-corrected chi connectivity index (χ2v) is 19.4. The molecule has 1 aliphatic rings. The third-order valence-electron chi connectivity index (χ3n) is 13.0. The van der Waals surface area contributed by atoms with Crippen LogP contribution in [0.2, 0.25) is 10.0 Å². The average molecular weight is 981 g/mol. The molecule has 1 fully saturated rings. The molecule has 356 valence electrons. The molecule has 0 bridgehead atoms. The summed E-state index contributed by atoms with van der Waals surface area (Å²) in [4.78, 5) is 20.7. The van der Waals surface area contributed by atoms with Crippen LogP contribution in [0, 0.1) is 6.92 Å². The number of nitrogens with zero attached hydrogens (tertiary/aromatic N) is 3. The van der Waals surface area contributed by atoms with Crippen LogP contribution in [0.5, 0.6) is 0 Å². The lowest BCUT2D eigenvalue weighted by Gasteiger charge is -2.26. The molecule has 2 aromatic heterocycles. The van der Waals surface area contributed by atoms with E-state index >= 15 is 0 Å². The zero-order valence-corrected chi connectivity index (χ0v) is 42.5. The monoisotopic (exact) mass is 979 g/mol. The van der Waals surface area contributed by atoms with Gasteiger partial charge in [-0.1, -0.05) is 187 Å². The SMILES string of the molecule is CC1(C)ON(c2cccc(-c3ccccn3)c2)OC1(C)C.Cc1ccc(-c2cccc(-c3ccccc3)c2)cc1Cl.Clc1cc(-c2cccc(-c3ccccc3)c2)ccc1-c1cccc(-c2ccccn2)c1. The van der Waals surface area contributed by atoms with Crippen LogP contribution in [0.3, 0.4) is 0 Å². The molecule has 7 heteroatoms. The van der Waals surface area contributed by atoms with Crippen LogP contribution in [0.25, 0.3) is 78.1 Å². The van der Waals surface area contributed by atoms with Crippen molar-refractivity contribution in [3.63, 3.8) is 0 Å². The lowest BCUT2D eigenvalue weighted by atomic mass is 9.90. The molecule has 0 amide bonds. The minimum Gasteiger partial charge on any atom is -0.256 e. The largest absolute Gasteiger partial charge is 0.256 e. The van der Waals surface area contributed by atoms with Gasteiger partial charge in [0, 0.05) is 39.1 Å². The highest BCUT2D eigenvalue weighted by molar-refractivity contribution is 6.33. The van der Waals surface area contributed by atoms with Crippen molar-refractivity contribution >= 4 is 28.9 Å². The first-order valence-electron chi connectivity index (χ1n) is 24.0. The Morgan fingerprint density at radius 1 is 0.347 bits per heavy atom. The molecule has 0 N–H and O–H groups in total. The number of aryl methyl sites for hydroxylation is 1. The van der Waals surface area contributed by atoms with Gasteiger partial charge in [-0.25, -0.2) is 9.68 Å². The number of hydrogen-bond donors (Lipinski definition) is 0. The molecule has 1 saturated heterocycles.